The van der Waals surface area contributed by atoms with Crippen LogP contribution in [0.15, 0.2) is 34.5 Å². The lowest BCUT2D eigenvalue weighted by Gasteiger charge is -2.16. The number of nitrogens with zero attached hydrogens (tertiary/aromatic N) is 2. The molecule has 2 aromatic heterocycles. The maximum atomic E-state index is 15.3. The molecule has 0 atom stereocenters. The smallest absolute Gasteiger partial charge is 0.255 e. The molecule has 0 amide bonds. The first-order valence-electron chi connectivity index (χ1n) is 11.1. The minimum Gasteiger partial charge on any atom is -0.490 e. The number of ether oxygens (including phenoxy) is 2. The topological polar surface area (TPSA) is 69.1 Å². The lowest BCUT2D eigenvalue weighted by Crippen LogP contribution is -2.13. The van der Waals surface area contributed by atoms with E-state index in [1.807, 2.05) is 23.9 Å². The number of benzene rings is 1. The molecule has 0 saturated carbocycles. The number of methoxy groups -OCH3 is 1. The van der Waals surface area contributed by atoms with E-state index in [-0.39, 0.29) is 30.1 Å². The van der Waals surface area contributed by atoms with Crippen molar-refractivity contribution in [3.63, 3.8) is 0 Å². The van der Waals surface area contributed by atoms with Crippen LogP contribution >= 0.6 is 11.8 Å². The van der Waals surface area contributed by atoms with Crippen molar-refractivity contribution in [2.75, 3.05) is 26.6 Å². The highest BCUT2D eigenvalue weighted by atomic mass is 32.2. The number of H-pyrrole nitrogens is 1. The molecule has 1 aromatic carbocycles. The van der Waals surface area contributed by atoms with Crippen molar-refractivity contribution in [1.82, 2.24) is 14.8 Å². The van der Waals surface area contributed by atoms with Gasteiger partial charge in [0.05, 0.1) is 17.9 Å². The van der Waals surface area contributed by atoms with Crippen LogP contribution in [0.3, 0.4) is 0 Å². The molecule has 0 radical (unpaired) electrons. The second-order valence-corrected chi connectivity index (χ2v) is 8.32. The number of pyridine rings is 1. The average Bonchev–Trinajstić information content (AvgIpc) is 3.21. The van der Waals surface area contributed by atoms with Crippen molar-refractivity contribution >= 4 is 17.8 Å². The molecule has 0 unspecified atom stereocenters. The van der Waals surface area contributed by atoms with Crippen LogP contribution in [0.4, 0.5) is 8.78 Å². The van der Waals surface area contributed by atoms with Gasteiger partial charge >= 0.3 is 0 Å². The number of halogens is 2. The standard InChI is InChI=1S/C25H29F2N3O3S/c1-5-8-30-18(6-2)15-21(29-30)24-19(12-16(7-11-34-4)25(31)28-24)23-20(27)13-17(26)14-22(23)33-10-9-32-3/h7,11-15H,5-6,8-10H2,1-4H3,(H,28,31)/b11-7-. The van der Waals surface area contributed by atoms with Gasteiger partial charge < -0.3 is 14.5 Å². The fraction of sp³-hybridized carbons (Fsp3) is 0.360. The molecule has 34 heavy (non-hydrogen) atoms. The van der Waals surface area contributed by atoms with Gasteiger partial charge in [0.15, 0.2) is 0 Å². The first kappa shape index (κ1) is 25.7. The molecule has 0 spiro atoms. The number of aromatic nitrogens is 3. The van der Waals surface area contributed by atoms with Gasteiger partial charge in [0.1, 0.15) is 29.7 Å². The summed E-state index contributed by atoms with van der Waals surface area (Å²) in [6.45, 7) is 5.15. The molecular weight excluding hydrogens is 460 g/mol. The number of aryl methyl sites for hydroxylation is 2. The second-order valence-electron chi connectivity index (χ2n) is 7.58. The molecule has 9 heteroatoms. The van der Waals surface area contributed by atoms with E-state index in [9.17, 15) is 9.18 Å². The number of nitrogens with one attached hydrogen (secondary N) is 1. The summed E-state index contributed by atoms with van der Waals surface area (Å²) in [7, 11) is 1.51. The Hall–Kier alpha value is -2.91. The van der Waals surface area contributed by atoms with Crippen LogP contribution in [0.1, 0.15) is 31.5 Å². The van der Waals surface area contributed by atoms with Crippen LogP contribution in [0.5, 0.6) is 5.75 Å². The van der Waals surface area contributed by atoms with E-state index in [0.29, 0.717) is 29.1 Å². The Morgan fingerprint density at radius 1 is 1.18 bits per heavy atom. The van der Waals surface area contributed by atoms with Gasteiger partial charge in [-0.15, -0.1) is 11.8 Å². The molecule has 0 fully saturated rings. The minimum absolute atomic E-state index is 0.0198. The van der Waals surface area contributed by atoms with E-state index in [1.165, 1.54) is 18.9 Å². The summed E-state index contributed by atoms with van der Waals surface area (Å²) in [6, 6.07) is 5.41. The normalized spacial score (nSPS) is 11.5. The number of hydrogen-bond acceptors (Lipinski definition) is 5. The zero-order chi connectivity index (χ0) is 24.7. The maximum Gasteiger partial charge on any atom is 0.255 e. The zero-order valence-corrected chi connectivity index (χ0v) is 20.6. The van der Waals surface area contributed by atoms with Crippen molar-refractivity contribution in [1.29, 1.82) is 0 Å². The van der Waals surface area contributed by atoms with Gasteiger partial charge in [-0.05, 0) is 42.7 Å². The molecule has 0 saturated heterocycles. The van der Waals surface area contributed by atoms with Gasteiger partial charge in [0, 0.05) is 42.6 Å². The van der Waals surface area contributed by atoms with Crippen molar-refractivity contribution < 1.29 is 18.3 Å². The van der Waals surface area contributed by atoms with Crippen molar-refractivity contribution in [3.8, 4) is 28.3 Å². The summed E-state index contributed by atoms with van der Waals surface area (Å²) in [5.41, 5.74) is 2.24. The van der Waals surface area contributed by atoms with Crippen LogP contribution in [0, 0.1) is 11.6 Å². The average molecular weight is 490 g/mol. The molecule has 182 valence electrons. The Morgan fingerprint density at radius 2 is 1.97 bits per heavy atom. The summed E-state index contributed by atoms with van der Waals surface area (Å²) < 4.78 is 42.0. The zero-order valence-electron chi connectivity index (χ0n) is 19.8. The summed E-state index contributed by atoms with van der Waals surface area (Å²) in [6.07, 6.45) is 5.15. The number of hydrogen-bond donors (Lipinski definition) is 1. The molecule has 3 aromatic rings. The van der Waals surface area contributed by atoms with Crippen LogP contribution in [-0.4, -0.2) is 41.3 Å². The molecule has 0 aliphatic carbocycles. The van der Waals surface area contributed by atoms with Gasteiger partial charge in [-0.2, -0.15) is 5.10 Å². The van der Waals surface area contributed by atoms with E-state index in [0.717, 1.165) is 30.7 Å². The van der Waals surface area contributed by atoms with E-state index < -0.39 is 11.6 Å². The molecule has 2 heterocycles. The molecule has 0 aliphatic heterocycles. The fourth-order valence-electron chi connectivity index (χ4n) is 3.64. The molecule has 1 N–H and O–H groups in total. The van der Waals surface area contributed by atoms with Crippen LogP contribution in [0.2, 0.25) is 0 Å². The minimum atomic E-state index is -0.802. The summed E-state index contributed by atoms with van der Waals surface area (Å²) >= 11 is 1.43. The lowest BCUT2D eigenvalue weighted by atomic mass is 9.98. The van der Waals surface area contributed by atoms with E-state index in [4.69, 9.17) is 9.47 Å². The predicted molar refractivity (Wildman–Crippen MR) is 133 cm³/mol. The Balaban J connectivity index is 2.30. The van der Waals surface area contributed by atoms with E-state index in [1.54, 1.807) is 17.6 Å². The Labute approximate surface area is 202 Å². The van der Waals surface area contributed by atoms with Gasteiger partial charge in [-0.1, -0.05) is 13.8 Å². The van der Waals surface area contributed by atoms with Gasteiger partial charge in [-0.25, -0.2) is 8.78 Å². The summed E-state index contributed by atoms with van der Waals surface area (Å²) in [4.78, 5) is 15.8. The van der Waals surface area contributed by atoms with Crippen molar-refractivity contribution in [3.05, 3.63) is 62.9 Å². The predicted octanol–water partition coefficient (Wildman–Crippen LogP) is 5.51. The second kappa shape index (κ2) is 12.0. The van der Waals surface area contributed by atoms with Gasteiger partial charge in [0.25, 0.3) is 5.56 Å². The number of aromatic amines is 1. The highest BCUT2D eigenvalue weighted by Gasteiger charge is 2.22. The largest absolute Gasteiger partial charge is 0.490 e. The fourth-order valence-corrected chi connectivity index (χ4v) is 3.92. The summed E-state index contributed by atoms with van der Waals surface area (Å²) in [5, 5.41) is 6.44. The van der Waals surface area contributed by atoms with E-state index >= 15 is 4.39 Å². The van der Waals surface area contributed by atoms with Crippen molar-refractivity contribution in [2.45, 2.75) is 33.2 Å². The van der Waals surface area contributed by atoms with Gasteiger partial charge in [-0.3, -0.25) is 9.48 Å². The van der Waals surface area contributed by atoms with Crippen molar-refractivity contribution in [2.24, 2.45) is 0 Å². The SMILES string of the molecule is CCCn1nc(-c2[nH]c(=O)c(/C=C\SC)cc2-c2c(F)cc(F)cc2OCCOC)cc1CC. The monoisotopic (exact) mass is 489 g/mol. The molecule has 0 bridgehead atoms. The van der Waals surface area contributed by atoms with E-state index in [2.05, 4.69) is 17.0 Å². The lowest BCUT2D eigenvalue weighted by molar-refractivity contribution is 0.146. The highest BCUT2D eigenvalue weighted by molar-refractivity contribution is 8.01. The first-order chi connectivity index (χ1) is 16.4. The van der Waals surface area contributed by atoms with Crippen LogP contribution in [0.25, 0.3) is 28.6 Å². The Bertz CT molecular complexity index is 1220. The highest BCUT2D eigenvalue weighted by Crippen LogP contribution is 2.39. The molecular formula is C25H29F2N3O3S. The number of rotatable bonds is 11. The third kappa shape index (κ3) is 5.77. The molecule has 3 rings (SSSR count). The quantitative estimate of drug-likeness (QED) is 0.360. The third-order valence-electron chi connectivity index (χ3n) is 5.20. The van der Waals surface area contributed by atoms with Crippen LogP contribution < -0.4 is 10.3 Å². The molecule has 0 aliphatic rings. The molecule has 6 nitrogen and oxygen atoms in total. The Kier molecular flexibility index (Phi) is 9.06. The van der Waals surface area contributed by atoms with Crippen LogP contribution in [-0.2, 0) is 17.7 Å². The first-order valence-corrected chi connectivity index (χ1v) is 12.4. The maximum absolute atomic E-state index is 15.3. The Morgan fingerprint density at radius 3 is 2.65 bits per heavy atom. The summed E-state index contributed by atoms with van der Waals surface area (Å²) in [5.74, 6) is -1.54. The van der Waals surface area contributed by atoms with Gasteiger partial charge in [0.2, 0.25) is 0 Å². The number of thioether (sulfide) groups is 1. The third-order valence-corrected chi connectivity index (χ3v) is 5.61.